The maximum Gasteiger partial charge on any atom is 0.107 e. The van der Waals surface area contributed by atoms with Crippen molar-refractivity contribution in [2.75, 3.05) is 19.0 Å². The average molecular weight is 147 g/mol. The molecule has 0 aromatic heterocycles. The summed E-state index contributed by atoms with van der Waals surface area (Å²) in [4.78, 5) is 0. The number of hydrogen-bond donors (Lipinski definition) is 0. The summed E-state index contributed by atoms with van der Waals surface area (Å²) in [5, 5.41) is 0. The maximum absolute atomic E-state index is 4.90. The van der Waals surface area contributed by atoms with Crippen molar-refractivity contribution in [3.05, 3.63) is 0 Å². The second-order valence-corrected chi connectivity index (χ2v) is 2.43. The molecule has 0 fully saturated rings. The summed E-state index contributed by atoms with van der Waals surface area (Å²) < 4.78 is 4.90. The molecule has 1 radical (unpaired) electrons. The van der Waals surface area contributed by atoms with Crippen LogP contribution in [-0.4, -0.2) is 19.0 Å². The van der Waals surface area contributed by atoms with E-state index in [2.05, 4.69) is 17.6 Å². The number of hydrogen-bond acceptors (Lipinski definition) is 2. The molecule has 0 unspecified atom stereocenters. The maximum atomic E-state index is 4.90. The summed E-state index contributed by atoms with van der Waals surface area (Å²) in [6.07, 6.45) is 4.90. The van der Waals surface area contributed by atoms with Crippen LogP contribution in [0.3, 0.4) is 0 Å². The summed E-state index contributed by atoms with van der Waals surface area (Å²) >= 11 is 4.59. The predicted molar refractivity (Wildman–Crippen MR) is 39.7 cm³/mol. The topological polar surface area (TPSA) is 9.23 Å². The molecule has 0 amide bonds. The minimum absolute atomic E-state index is 0.399. The fourth-order valence-electron chi connectivity index (χ4n) is 0.224. The minimum Gasteiger partial charge on any atom is -0.368 e. The standard InChI is InChI=1S/C5H7OS2/c1-2-3-6-4-5-8-7/h1H,3-5H2. The van der Waals surface area contributed by atoms with Crippen molar-refractivity contribution in [1.29, 1.82) is 0 Å². The number of ether oxygens (including phenoxy) is 1. The third-order valence-corrected chi connectivity index (χ3v) is 1.33. The predicted octanol–water partition coefficient (Wildman–Crippen LogP) is 1.48. The van der Waals surface area contributed by atoms with E-state index < -0.39 is 0 Å². The Labute approximate surface area is 59.0 Å². The Hall–Kier alpha value is 0.220. The second-order valence-electron chi connectivity index (χ2n) is 1.08. The van der Waals surface area contributed by atoms with Crippen molar-refractivity contribution in [3.8, 4) is 12.3 Å². The third kappa shape index (κ3) is 6.22. The zero-order valence-electron chi connectivity index (χ0n) is 4.42. The normalized spacial score (nSPS) is 8.50. The molecule has 0 heterocycles. The zero-order chi connectivity index (χ0) is 6.24. The van der Waals surface area contributed by atoms with E-state index in [1.165, 1.54) is 10.8 Å². The van der Waals surface area contributed by atoms with E-state index in [0.29, 0.717) is 13.2 Å². The van der Waals surface area contributed by atoms with Crippen LogP contribution in [0.15, 0.2) is 0 Å². The van der Waals surface area contributed by atoms with Gasteiger partial charge in [0.1, 0.15) is 6.61 Å². The summed E-state index contributed by atoms with van der Waals surface area (Å²) in [5.74, 6) is 3.21. The van der Waals surface area contributed by atoms with Crippen molar-refractivity contribution >= 4 is 22.5 Å². The average Bonchev–Trinajstić information content (AvgIpc) is 1.81. The van der Waals surface area contributed by atoms with Crippen LogP contribution in [0, 0.1) is 12.3 Å². The molecular formula is C5H7OS2. The summed E-state index contributed by atoms with van der Waals surface area (Å²) in [7, 11) is 1.34. The van der Waals surface area contributed by atoms with E-state index in [1.807, 2.05) is 0 Å². The van der Waals surface area contributed by atoms with Crippen LogP contribution in [-0.2, 0) is 4.74 Å². The van der Waals surface area contributed by atoms with Crippen molar-refractivity contribution in [2.24, 2.45) is 0 Å². The van der Waals surface area contributed by atoms with Gasteiger partial charge in [0.2, 0.25) is 0 Å². The first-order valence-electron chi connectivity index (χ1n) is 2.17. The van der Waals surface area contributed by atoms with E-state index in [9.17, 15) is 0 Å². The fourth-order valence-corrected chi connectivity index (χ4v) is 0.614. The molecule has 0 bridgehead atoms. The second kappa shape index (κ2) is 7.22. The van der Waals surface area contributed by atoms with Crippen molar-refractivity contribution in [3.63, 3.8) is 0 Å². The largest absolute Gasteiger partial charge is 0.368 e. The van der Waals surface area contributed by atoms with Gasteiger partial charge in [-0.1, -0.05) is 16.7 Å². The molecule has 0 aliphatic rings. The van der Waals surface area contributed by atoms with E-state index in [4.69, 9.17) is 11.2 Å². The first-order chi connectivity index (χ1) is 3.91. The van der Waals surface area contributed by atoms with Crippen LogP contribution >= 0.6 is 22.5 Å². The lowest BCUT2D eigenvalue weighted by Gasteiger charge is -1.93. The summed E-state index contributed by atoms with van der Waals surface area (Å²) in [6, 6.07) is 0. The quantitative estimate of drug-likeness (QED) is 0.338. The van der Waals surface area contributed by atoms with Crippen molar-refractivity contribution in [2.45, 2.75) is 0 Å². The van der Waals surface area contributed by atoms with Gasteiger partial charge in [-0.2, -0.15) is 0 Å². The molecule has 0 saturated carbocycles. The van der Waals surface area contributed by atoms with Crippen molar-refractivity contribution in [1.82, 2.24) is 0 Å². The Morgan fingerprint density at radius 1 is 1.75 bits per heavy atom. The lowest BCUT2D eigenvalue weighted by Crippen LogP contribution is -1.95. The van der Waals surface area contributed by atoms with Gasteiger partial charge in [0.15, 0.2) is 0 Å². The summed E-state index contributed by atoms with van der Waals surface area (Å²) in [5.41, 5.74) is 0. The molecule has 8 heavy (non-hydrogen) atoms. The first kappa shape index (κ1) is 8.22. The molecule has 0 aromatic carbocycles. The number of rotatable bonds is 4. The van der Waals surface area contributed by atoms with Gasteiger partial charge in [-0.25, -0.2) is 0 Å². The van der Waals surface area contributed by atoms with Crippen molar-refractivity contribution < 1.29 is 4.74 Å². The molecule has 0 aliphatic heterocycles. The SMILES string of the molecule is C#CCOCCS[S]. The van der Waals surface area contributed by atoms with Gasteiger partial charge in [-0.3, -0.25) is 0 Å². The fraction of sp³-hybridized carbons (Fsp3) is 0.600. The van der Waals surface area contributed by atoms with E-state index in [-0.39, 0.29) is 0 Å². The highest BCUT2D eigenvalue weighted by Gasteiger charge is 1.81. The van der Waals surface area contributed by atoms with Gasteiger partial charge in [0, 0.05) is 5.75 Å². The Morgan fingerprint density at radius 2 is 2.50 bits per heavy atom. The van der Waals surface area contributed by atoms with Gasteiger partial charge in [-0.05, 0) is 11.7 Å². The molecule has 1 nitrogen and oxygen atoms in total. The lowest BCUT2D eigenvalue weighted by molar-refractivity contribution is 0.185. The van der Waals surface area contributed by atoms with Gasteiger partial charge in [0.05, 0.1) is 6.61 Å². The van der Waals surface area contributed by atoms with Crippen LogP contribution in [0.25, 0.3) is 0 Å². The van der Waals surface area contributed by atoms with E-state index in [0.717, 1.165) is 5.75 Å². The van der Waals surface area contributed by atoms with Gasteiger partial charge >= 0.3 is 0 Å². The Morgan fingerprint density at radius 3 is 3.00 bits per heavy atom. The Balaban J connectivity index is 2.65. The monoisotopic (exact) mass is 147 g/mol. The van der Waals surface area contributed by atoms with Crippen LogP contribution in [0.4, 0.5) is 0 Å². The van der Waals surface area contributed by atoms with Crippen LogP contribution < -0.4 is 0 Å². The molecule has 0 spiro atoms. The van der Waals surface area contributed by atoms with Crippen LogP contribution in [0.1, 0.15) is 0 Å². The highest BCUT2D eigenvalue weighted by atomic mass is 33.1. The van der Waals surface area contributed by atoms with E-state index in [1.54, 1.807) is 0 Å². The Bertz CT molecular complexity index is 77.0. The lowest BCUT2D eigenvalue weighted by atomic mass is 10.7. The van der Waals surface area contributed by atoms with E-state index >= 15 is 0 Å². The van der Waals surface area contributed by atoms with Gasteiger partial charge in [0.25, 0.3) is 0 Å². The molecular weight excluding hydrogens is 140 g/mol. The molecule has 0 saturated heterocycles. The molecule has 0 rings (SSSR count). The minimum atomic E-state index is 0.399. The molecule has 0 atom stereocenters. The molecule has 0 aromatic rings. The molecule has 45 valence electrons. The highest BCUT2D eigenvalue weighted by molar-refractivity contribution is 8.68. The first-order valence-corrected chi connectivity index (χ1v) is 4.09. The van der Waals surface area contributed by atoms with Gasteiger partial charge < -0.3 is 4.74 Å². The summed E-state index contributed by atoms with van der Waals surface area (Å²) in [6.45, 7) is 1.06. The Kier molecular flexibility index (Phi) is 7.42. The smallest absolute Gasteiger partial charge is 0.107 e. The molecule has 0 N–H and O–H groups in total. The van der Waals surface area contributed by atoms with Crippen LogP contribution in [0.2, 0.25) is 0 Å². The zero-order valence-corrected chi connectivity index (χ0v) is 6.06. The van der Waals surface area contributed by atoms with Crippen LogP contribution in [0.5, 0.6) is 0 Å². The third-order valence-electron chi connectivity index (χ3n) is 0.496. The number of terminal acetylenes is 1. The van der Waals surface area contributed by atoms with Gasteiger partial charge in [-0.15, -0.1) is 6.42 Å². The molecule has 3 heteroatoms. The highest BCUT2D eigenvalue weighted by Crippen LogP contribution is 2.02. The molecule has 0 aliphatic carbocycles.